The Morgan fingerprint density at radius 1 is 0.960 bits per heavy atom. The lowest BCUT2D eigenvalue weighted by Crippen LogP contribution is -2.52. The molecule has 0 bridgehead atoms. The van der Waals surface area contributed by atoms with Crippen LogP contribution in [-0.4, -0.2) is 36.3 Å². The SMILES string of the molecule is CCc1ccc(CCC(=O)N2CCN(c3ccccc3)C(=O)C2)cc1. The lowest BCUT2D eigenvalue weighted by molar-refractivity contribution is -0.136. The summed E-state index contributed by atoms with van der Waals surface area (Å²) in [4.78, 5) is 28.3. The molecule has 0 spiro atoms. The second-order valence-electron chi connectivity index (χ2n) is 6.37. The molecule has 0 N–H and O–H groups in total. The summed E-state index contributed by atoms with van der Waals surface area (Å²) >= 11 is 0. The first kappa shape index (κ1) is 17.2. The molecule has 0 atom stereocenters. The third-order valence-corrected chi connectivity index (χ3v) is 4.70. The smallest absolute Gasteiger partial charge is 0.246 e. The van der Waals surface area contributed by atoms with E-state index in [4.69, 9.17) is 0 Å². The van der Waals surface area contributed by atoms with Crippen LogP contribution in [0.2, 0.25) is 0 Å². The Morgan fingerprint density at radius 3 is 2.28 bits per heavy atom. The number of rotatable bonds is 5. The first-order valence-electron chi connectivity index (χ1n) is 8.88. The lowest BCUT2D eigenvalue weighted by atomic mass is 10.1. The summed E-state index contributed by atoms with van der Waals surface area (Å²) in [6.07, 6.45) is 2.19. The Hall–Kier alpha value is -2.62. The molecule has 0 radical (unpaired) electrons. The van der Waals surface area contributed by atoms with E-state index in [1.54, 1.807) is 9.80 Å². The van der Waals surface area contributed by atoms with E-state index in [2.05, 4.69) is 31.2 Å². The molecule has 4 heteroatoms. The van der Waals surface area contributed by atoms with Crippen molar-refractivity contribution in [3.05, 3.63) is 65.7 Å². The van der Waals surface area contributed by atoms with Gasteiger partial charge < -0.3 is 9.80 Å². The van der Waals surface area contributed by atoms with Crippen molar-refractivity contribution in [2.45, 2.75) is 26.2 Å². The van der Waals surface area contributed by atoms with Crippen molar-refractivity contribution in [3.63, 3.8) is 0 Å². The minimum atomic E-state index is -0.0156. The van der Waals surface area contributed by atoms with Crippen LogP contribution in [0.25, 0.3) is 0 Å². The number of piperazine rings is 1. The summed E-state index contributed by atoms with van der Waals surface area (Å²) in [5.74, 6) is 0.0405. The highest BCUT2D eigenvalue weighted by atomic mass is 16.2. The van der Waals surface area contributed by atoms with Crippen LogP contribution >= 0.6 is 0 Å². The molecule has 0 saturated carbocycles. The van der Waals surface area contributed by atoms with Crippen LogP contribution < -0.4 is 4.90 Å². The number of hydrogen-bond donors (Lipinski definition) is 0. The van der Waals surface area contributed by atoms with Gasteiger partial charge in [0, 0.05) is 25.2 Å². The normalized spacial score (nSPS) is 14.7. The quantitative estimate of drug-likeness (QED) is 0.842. The molecule has 0 aromatic heterocycles. The average molecular weight is 336 g/mol. The maximum atomic E-state index is 12.4. The van der Waals surface area contributed by atoms with E-state index in [0.717, 1.165) is 18.5 Å². The lowest BCUT2D eigenvalue weighted by Gasteiger charge is -2.34. The Kier molecular flexibility index (Phi) is 5.49. The van der Waals surface area contributed by atoms with Crippen molar-refractivity contribution >= 4 is 17.5 Å². The molecular weight excluding hydrogens is 312 g/mol. The fraction of sp³-hybridized carbons (Fsp3) is 0.333. The van der Waals surface area contributed by atoms with E-state index in [1.165, 1.54) is 11.1 Å². The number of aryl methyl sites for hydroxylation is 2. The minimum Gasteiger partial charge on any atom is -0.332 e. The molecule has 25 heavy (non-hydrogen) atoms. The van der Waals surface area contributed by atoms with E-state index < -0.39 is 0 Å². The Morgan fingerprint density at radius 2 is 1.64 bits per heavy atom. The van der Waals surface area contributed by atoms with Gasteiger partial charge in [-0.2, -0.15) is 0 Å². The number of carbonyl (C=O) groups is 2. The molecule has 0 aliphatic carbocycles. The number of benzene rings is 2. The Labute approximate surface area is 149 Å². The van der Waals surface area contributed by atoms with Crippen molar-refractivity contribution in [1.29, 1.82) is 0 Å². The van der Waals surface area contributed by atoms with Gasteiger partial charge in [0.15, 0.2) is 0 Å². The number of para-hydroxylation sites is 1. The number of nitrogens with zero attached hydrogens (tertiary/aromatic N) is 2. The summed E-state index contributed by atoms with van der Waals surface area (Å²) in [5, 5.41) is 0. The molecule has 1 saturated heterocycles. The highest BCUT2D eigenvalue weighted by molar-refractivity contribution is 5.97. The Balaban J connectivity index is 1.53. The number of hydrogen-bond acceptors (Lipinski definition) is 2. The summed E-state index contributed by atoms with van der Waals surface area (Å²) in [7, 11) is 0. The maximum Gasteiger partial charge on any atom is 0.246 e. The van der Waals surface area contributed by atoms with Gasteiger partial charge in [-0.3, -0.25) is 9.59 Å². The second kappa shape index (κ2) is 7.97. The fourth-order valence-corrected chi connectivity index (χ4v) is 3.12. The van der Waals surface area contributed by atoms with Crippen LogP contribution in [0, 0.1) is 0 Å². The summed E-state index contributed by atoms with van der Waals surface area (Å²) in [5.41, 5.74) is 3.37. The molecule has 1 aliphatic rings. The van der Waals surface area contributed by atoms with Gasteiger partial charge in [0.05, 0.1) is 0 Å². The number of amides is 2. The molecular formula is C21H24N2O2. The van der Waals surface area contributed by atoms with E-state index in [0.29, 0.717) is 19.5 Å². The van der Waals surface area contributed by atoms with Gasteiger partial charge in [0.1, 0.15) is 6.54 Å². The van der Waals surface area contributed by atoms with Crippen LogP contribution in [0.15, 0.2) is 54.6 Å². The fourth-order valence-electron chi connectivity index (χ4n) is 3.12. The molecule has 1 aliphatic heterocycles. The summed E-state index contributed by atoms with van der Waals surface area (Å²) in [6, 6.07) is 18.0. The van der Waals surface area contributed by atoms with Crippen molar-refractivity contribution in [2.75, 3.05) is 24.5 Å². The molecule has 1 fully saturated rings. The third kappa shape index (κ3) is 4.27. The summed E-state index contributed by atoms with van der Waals surface area (Å²) < 4.78 is 0. The van der Waals surface area contributed by atoms with E-state index in [-0.39, 0.29) is 18.4 Å². The summed E-state index contributed by atoms with van der Waals surface area (Å²) in [6.45, 7) is 3.45. The van der Waals surface area contributed by atoms with Crippen LogP contribution in [0.5, 0.6) is 0 Å². The Bertz CT molecular complexity index is 725. The molecule has 3 rings (SSSR count). The van der Waals surface area contributed by atoms with Gasteiger partial charge in [-0.25, -0.2) is 0 Å². The van der Waals surface area contributed by atoms with E-state index in [9.17, 15) is 9.59 Å². The number of anilines is 1. The van der Waals surface area contributed by atoms with Gasteiger partial charge >= 0.3 is 0 Å². The highest BCUT2D eigenvalue weighted by Gasteiger charge is 2.27. The highest BCUT2D eigenvalue weighted by Crippen LogP contribution is 2.17. The predicted octanol–water partition coefficient (Wildman–Crippen LogP) is 3.06. The first-order chi connectivity index (χ1) is 12.2. The molecule has 2 aromatic rings. The van der Waals surface area contributed by atoms with Crippen LogP contribution in [0.1, 0.15) is 24.5 Å². The zero-order valence-corrected chi connectivity index (χ0v) is 14.6. The van der Waals surface area contributed by atoms with Crippen LogP contribution in [0.3, 0.4) is 0 Å². The minimum absolute atomic E-state index is 0.0156. The zero-order valence-electron chi connectivity index (χ0n) is 14.6. The zero-order chi connectivity index (χ0) is 17.6. The third-order valence-electron chi connectivity index (χ3n) is 4.70. The predicted molar refractivity (Wildman–Crippen MR) is 99.5 cm³/mol. The van der Waals surface area contributed by atoms with Crippen molar-refractivity contribution < 1.29 is 9.59 Å². The molecule has 4 nitrogen and oxygen atoms in total. The van der Waals surface area contributed by atoms with Gasteiger partial charge in [-0.15, -0.1) is 0 Å². The van der Waals surface area contributed by atoms with E-state index >= 15 is 0 Å². The number of carbonyl (C=O) groups excluding carboxylic acids is 2. The van der Waals surface area contributed by atoms with Crippen molar-refractivity contribution in [2.24, 2.45) is 0 Å². The van der Waals surface area contributed by atoms with Gasteiger partial charge in [0.2, 0.25) is 11.8 Å². The topological polar surface area (TPSA) is 40.6 Å². The van der Waals surface area contributed by atoms with Gasteiger partial charge in [-0.1, -0.05) is 49.4 Å². The molecule has 1 heterocycles. The standard InChI is InChI=1S/C21H24N2O2/c1-2-17-8-10-18(11-9-17)12-13-20(24)22-14-15-23(21(25)16-22)19-6-4-3-5-7-19/h3-11H,2,12-16H2,1H3. The second-order valence-corrected chi connectivity index (χ2v) is 6.37. The maximum absolute atomic E-state index is 12.4. The van der Waals surface area contributed by atoms with Gasteiger partial charge in [-0.05, 0) is 36.1 Å². The molecule has 2 aromatic carbocycles. The molecule has 0 unspecified atom stereocenters. The molecule has 2 amide bonds. The van der Waals surface area contributed by atoms with Crippen molar-refractivity contribution in [1.82, 2.24) is 4.90 Å². The van der Waals surface area contributed by atoms with Crippen LogP contribution in [0.4, 0.5) is 5.69 Å². The monoisotopic (exact) mass is 336 g/mol. The van der Waals surface area contributed by atoms with Crippen molar-refractivity contribution in [3.8, 4) is 0 Å². The molecule has 130 valence electrons. The van der Waals surface area contributed by atoms with E-state index in [1.807, 2.05) is 30.3 Å². The largest absolute Gasteiger partial charge is 0.332 e. The first-order valence-corrected chi connectivity index (χ1v) is 8.88. The van der Waals surface area contributed by atoms with Gasteiger partial charge in [0.25, 0.3) is 0 Å². The average Bonchev–Trinajstić information content (AvgIpc) is 2.67. The van der Waals surface area contributed by atoms with Crippen LogP contribution in [-0.2, 0) is 22.4 Å².